The van der Waals surface area contributed by atoms with Gasteiger partial charge in [0.15, 0.2) is 6.79 Å². The topological polar surface area (TPSA) is 72.8 Å². The molecule has 0 saturated carbocycles. The summed E-state index contributed by atoms with van der Waals surface area (Å²) < 4.78 is 9.83. The van der Waals surface area contributed by atoms with Gasteiger partial charge < -0.3 is 14.6 Å². The average Bonchev–Trinajstić information content (AvgIpc) is 2.62. The minimum absolute atomic E-state index is 0.181. The number of aromatic hydroxyl groups is 1. The molecule has 0 aliphatic rings. The first-order valence-corrected chi connectivity index (χ1v) is 7.71. The molecule has 0 bridgehead atoms. The molecule has 0 heterocycles. The van der Waals surface area contributed by atoms with E-state index in [0.717, 1.165) is 12.6 Å². The highest BCUT2D eigenvalue weighted by Gasteiger charge is 1.92. The fourth-order valence-electron chi connectivity index (χ4n) is 1.32. The van der Waals surface area contributed by atoms with Crippen LogP contribution in [0.5, 0.6) is 11.5 Å². The van der Waals surface area contributed by atoms with Crippen LogP contribution in [0.25, 0.3) is 0 Å². The summed E-state index contributed by atoms with van der Waals surface area (Å²) in [5.41, 5.74) is 1.22. The average molecular weight is 373 g/mol. The third kappa shape index (κ3) is 10.6. The van der Waals surface area contributed by atoms with Crippen LogP contribution in [0.3, 0.4) is 0 Å². The van der Waals surface area contributed by atoms with Crippen molar-refractivity contribution in [2.75, 3.05) is 19.2 Å². The largest absolute Gasteiger partial charge is 0.508 e. The van der Waals surface area contributed by atoms with Crippen LogP contribution in [0.1, 0.15) is 20.7 Å². The lowest BCUT2D eigenvalue weighted by atomic mass is 10.2. The van der Waals surface area contributed by atoms with E-state index in [-0.39, 0.29) is 17.9 Å². The maximum atomic E-state index is 10.3. The molecule has 0 saturated heterocycles. The molecule has 0 aliphatic heterocycles. The van der Waals surface area contributed by atoms with Gasteiger partial charge >= 0.3 is 0 Å². The molecule has 0 spiro atoms. The van der Waals surface area contributed by atoms with Crippen molar-refractivity contribution in [3.8, 4) is 11.5 Å². The predicted octanol–water partition coefficient (Wildman–Crippen LogP) is 4.11. The number of carbonyl (C=O) groups excluding carboxylic acids is 2. The van der Waals surface area contributed by atoms with E-state index in [9.17, 15) is 9.59 Å². The van der Waals surface area contributed by atoms with Crippen molar-refractivity contribution >= 4 is 35.8 Å². The van der Waals surface area contributed by atoms with Crippen LogP contribution in [-0.2, 0) is 4.74 Å². The van der Waals surface area contributed by atoms with Crippen molar-refractivity contribution in [1.29, 1.82) is 0 Å². The van der Waals surface area contributed by atoms with Crippen molar-refractivity contribution in [2.24, 2.45) is 0 Å². The molecule has 5 nitrogen and oxygen atoms in total. The Morgan fingerprint density at radius 3 is 1.71 bits per heavy atom. The van der Waals surface area contributed by atoms with Crippen molar-refractivity contribution in [2.45, 2.75) is 0 Å². The number of benzene rings is 2. The number of rotatable bonds is 5. The molecular weight excluding hydrogens is 355 g/mol. The Bertz CT molecular complexity index is 571. The van der Waals surface area contributed by atoms with Crippen LogP contribution in [0.15, 0.2) is 48.5 Å². The molecule has 0 fully saturated rings. The smallest absolute Gasteiger partial charge is 0.188 e. The minimum Gasteiger partial charge on any atom is -0.508 e. The Balaban J connectivity index is 0.000000390. The fraction of sp³-hybridized carbons (Fsp3) is 0.176. The van der Waals surface area contributed by atoms with Gasteiger partial charge in [-0.2, -0.15) is 0 Å². The number of aldehydes is 2. The van der Waals surface area contributed by atoms with Gasteiger partial charge in [0.25, 0.3) is 0 Å². The van der Waals surface area contributed by atoms with Gasteiger partial charge in [-0.05, 0) is 48.5 Å². The van der Waals surface area contributed by atoms with E-state index in [1.54, 1.807) is 43.5 Å². The molecular formula is C17H18Cl2O5. The number of ether oxygens (including phenoxy) is 2. The van der Waals surface area contributed by atoms with Crippen molar-refractivity contribution in [3.05, 3.63) is 59.7 Å². The summed E-state index contributed by atoms with van der Waals surface area (Å²) in [6.07, 6.45) is 1.53. The lowest BCUT2D eigenvalue weighted by Gasteiger charge is -2.03. The molecule has 0 aliphatic carbocycles. The zero-order chi connectivity index (χ0) is 18.2. The third-order valence-electron chi connectivity index (χ3n) is 2.39. The van der Waals surface area contributed by atoms with Crippen LogP contribution in [-0.4, -0.2) is 36.9 Å². The first kappa shape index (κ1) is 21.9. The van der Waals surface area contributed by atoms with Gasteiger partial charge in [0.05, 0.1) is 5.34 Å². The highest BCUT2D eigenvalue weighted by molar-refractivity contribution is 6.40. The number of methoxy groups -OCH3 is 1. The quantitative estimate of drug-likeness (QED) is 0.485. The van der Waals surface area contributed by atoms with Gasteiger partial charge in [0.1, 0.15) is 24.1 Å². The van der Waals surface area contributed by atoms with Gasteiger partial charge in [-0.15, -0.1) is 23.2 Å². The number of halogens is 2. The van der Waals surface area contributed by atoms with Crippen molar-refractivity contribution < 1.29 is 24.2 Å². The van der Waals surface area contributed by atoms with Gasteiger partial charge in [-0.1, -0.05) is 0 Å². The summed E-state index contributed by atoms with van der Waals surface area (Å²) in [7, 11) is 1.56. The zero-order valence-corrected chi connectivity index (χ0v) is 14.5. The van der Waals surface area contributed by atoms with E-state index in [2.05, 4.69) is 0 Å². The van der Waals surface area contributed by atoms with Gasteiger partial charge in [-0.25, -0.2) is 0 Å². The Kier molecular flexibility index (Phi) is 13.3. The summed E-state index contributed by atoms with van der Waals surface area (Å²) >= 11 is 9.53. The molecule has 2 aromatic rings. The number of carbonyl (C=O) groups is 2. The molecule has 0 atom stereocenters. The van der Waals surface area contributed by atoms with Crippen LogP contribution >= 0.6 is 23.2 Å². The predicted molar refractivity (Wildman–Crippen MR) is 94.4 cm³/mol. The SMILES string of the molecule is COCOc1ccc(C=O)cc1.ClCCl.O=Cc1ccc(O)cc1. The van der Waals surface area contributed by atoms with E-state index in [0.29, 0.717) is 16.9 Å². The Morgan fingerprint density at radius 2 is 1.33 bits per heavy atom. The molecule has 2 aromatic carbocycles. The first-order valence-electron chi connectivity index (χ1n) is 6.64. The maximum Gasteiger partial charge on any atom is 0.188 e. The monoisotopic (exact) mass is 372 g/mol. The maximum absolute atomic E-state index is 10.3. The van der Waals surface area contributed by atoms with E-state index in [1.807, 2.05) is 0 Å². The number of phenolic OH excluding ortho intramolecular Hbond substituents is 1. The first-order chi connectivity index (χ1) is 11.6. The van der Waals surface area contributed by atoms with Crippen LogP contribution in [0.4, 0.5) is 0 Å². The van der Waals surface area contributed by atoms with Crippen LogP contribution in [0.2, 0.25) is 0 Å². The second-order valence-corrected chi connectivity index (χ2v) is 4.86. The number of hydrogen-bond acceptors (Lipinski definition) is 5. The van der Waals surface area contributed by atoms with Gasteiger partial charge in [0.2, 0.25) is 0 Å². The molecule has 1 N–H and O–H groups in total. The van der Waals surface area contributed by atoms with Crippen LogP contribution < -0.4 is 4.74 Å². The molecule has 24 heavy (non-hydrogen) atoms. The zero-order valence-electron chi connectivity index (χ0n) is 13.0. The molecule has 0 radical (unpaired) electrons. The Hall–Kier alpha value is -2.08. The molecule has 7 heteroatoms. The van der Waals surface area contributed by atoms with Crippen molar-refractivity contribution in [1.82, 2.24) is 0 Å². The summed E-state index contributed by atoms with van der Waals surface area (Å²) in [5.74, 6) is 0.878. The molecule has 0 aromatic heterocycles. The lowest BCUT2D eigenvalue weighted by molar-refractivity contribution is 0.0511. The molecule has 0 unspecified atom stereocenters. The Labute approximate surface area is 150 Å². The summed E-state index contributed by atoms with van der Waals surface area (Å²) in [5, 5.41) is 8.93. The third-order valence-corrected chi connectivity index (χ3v) is 2.39. The summed E-state index contributed by atoms with van der Waals surface area (Å²) in [6.45, 7) is 0.223. The van der Waals surface area contributed by atoms with Gasteiger partial charge in [-0.3, -0.25) is 9.59 Å². The second-order valence-electron chi connectivity index (χ2n) is 4.05. The highest BCUT2D eigenvalue weighted by atomic mass is 35.5. The summed E-state index contributed by atoms with van der Waals surface area (Å²) in [4.78, 5) is 20.3. The van der Waals surface area contributed by atoms with Gasteiger partial charge in [0, 0.05) is 18.2 Å². The number of phenols is 1. The normalized spacial score (nSPS) is 8.79. The molecule has 2 rings (SSSR count). The van der Waals surface area contributed by atoms with E-state index in [1.165, 1.54) is 12.1 Å². The standard InChI is InChI=1S/C9H10O3.C7H6O2.CH2Cl2/c1-11-7-12-9-4-2-8(6-10)3-5-9;8-5-6-1-3-7(9)4-2-6;2-1-3/h2-6H,7H2,1H3;1-5,9H;1H2. The van der Waals surface area contributed by atoms with E-state index < -0.39 is 0 Å². The highest BCUT2D eigenvalue weighted by Crippen LogP contribution is 2.10. The van der Waals surface area contributed by atoms with Crippen LogP contribution in [0, 0.1) is 0 Å². The lowest BCUT2D eigenvalue weighted by Crippen LogP contribution is -1.98. The molecule has 0 amide bonds. The number of alkyl halides is 2. The summed E-state index contributed by atoms with van der Waals surface area (Å²) in [6, 6.07) is 12.9. The van der Waals surface area contributed by atoms with E-state index in [4.69, 9.17) is 37.8 Å². The minimum atomic E-state index is 0.181. The second kappa shape index (κ2) is 14.5. The Morgan fingerprint density at radius 1 is 0.917 bits per heavy atom. The van der Waals surface area contributed by atoms with E-state index >= 15 is 0 Å². The number of hydrogen-bond donors (Lipinski definition) is 1. The fourth-order valence-corrected chi connectivity index (χ4v) is 1.32. The van der Waals surface area contributed by atoms with Crippen molar-refractivity contribution in [3.63, 3.8) is 0 Å². The molecule has 130 valence electrons.